The van der Waals surface area contributed by atoms with Gasteiger partial charge >= 0.3 is 0 Å². The van der Waals surface area contributed by atoms with E-state index in [-0.39, 0.29) is 30.2 Å². The lowest BCUT2D eigenvalue weighted by molar-refractivity contribution is -0.123. The molecule has 2 aromatic rings. The van der Waals surface area contributed by atoms with Crippen molar-refractivity contribution in [2.24, 2.45) is 0 Å². The Labute approximate surface area is 163 Å². The number of anilines is 1. The van der Waals surface area contributed by atoms with Crippen LogP contribution in [-0.2, 0) is 9.59 Å². The van der Waals surface area contributed by atoms with Gasteiger partial charge in [-0.25, -0.2) is 0 Å². The number of ether oxygens (including phenoxy) is 1. The van der Waals surface area contributed by atoms with E-state index in [1.165, 1.54) is 4.90 Å². The minimum absolute atomic E-state index is 0.0435. The lowest BCUT2D eigenvalue weighted by atomic mass is 10.1. The monoisotopic (exact) mass is 384 g/mol. The minimum Gasteiger partial charge on any atom is -0.449 e. The summed E-state index contributed by atoms with van der Waals surface area (Å²) in [7, 11) is 0. The van der Waals surface area contributed by atoms with Crippen LogP contribution in [0.5, 0.6) is 5.75 Å². The van der Waals surface area contributed by atoms with Gasteiger partial charge in [-0.05, 0) is 43.2 Å². The number of nitrogens with zero attached hydrogens (tertiary/aromatic N) is 1. The Morgan fingerprint density at radius 2 is 1.93 bits per heavy atom. The van der Waals surface area contributed by atoms with Crippen LogP contribution in [0.2, 0.25) is 5.02 Å². The number of carbonyl (C=O) groups is 2. The van der Waals surface area contributed by atoms with E-state index in [0.717, 1.165) is 6.42 Å². The van der Waals surface area contributed by atoms with Crippen molar-refractivity contribution in [3.05, 3.63) is 64.9 Å². The van der Waals surface area contributed by atoms with E-state index in [1.807, 2.05) is 32.0 Å². The number of benzene rings is 2. The van der Waals surface area contributed by atoms with E-state index in [2.05, 4.69) is 5.32 Å². The second kappa shape index (κ2) is 8.27. The molecule has 140 valence electrons. The van der Waals surface area contributed by atoms with E-state index in [0.29, 0.717) is 22.0 Å². The van der Waals surface area contributed by atoms with Crippen molar-refractivity contribution >= 4 is 35.2 Å². The molecule has 1 N–H and O–H groups in total. The lowest BCUT2D eigenvalue weighted by Crippen LogP contribution is -2.46. The number of nitrogens with one attached hydrogen (secondary N) is 1. The minimum atomic E-state index is -0.382. The van der Waals surface area contributed by atoms with E-state index < -0.39 is 0 Å². The molecule has 1 aliphatic heterocycles. The molecular weight excluding hydrogens is 364 g/mol. The third-order valence-electron chi connectivity index (χ3n) is 4.35. The topological polar surface area (TPSA) is 58.6 Å². The number of hydrogen-bond donors (Lipinski definition) is 1. The number of amides is 2. The van der Waals surface area contributed by atoms with Gasteiger partial charge in [0.05, 0.1) is 5.69 Å². The first-order valence-corrected chi connectivity index (χ1v) is 9.21. The standard InChI is InChI=1S/C21H21ClN2O3/c1-3-14(2)23-20(25)13-24-17-10-6-7-11-18(17)27-19(21(24)26)12-15-8-4-5-9-16(15)22/h4-12,14H,3,13H2,1-2H3,(H,23,25)/b19-12+. The van der Waals surface area contributed by atoms with Crippen LogP contribution in [0.1, 0.15) is 25.8 Å². The highest BCUT2D eigenvalue weighted by Gasteiger charge is 2.31. The number of hydrogen-bond acceptors (Lipinski definition) is 3. The third kappa shape index (κ3) is 4.31. The van der Waals surface area contributed by atoms with Crippen molar-refractivity contribution in [3.63, 3.8) is 0 Å². The van der Waals surface area contributed by atoms with Crippen molar-refractivity contribution in [2.75, 3.05) is 11.4 Å². The summed E-state index contributed by atoms with van der Waals surface area (Å²) < 4.78 is 5.80. The van der Waals surface area contributed by atoms with Crippen LogP contribution in [0.15, 0.2) is 54.3 Å². The van der Waals surface area contributed by atoms with Crippen LogP contribution in [0.4, 0.5) is 5.69 Å². The van der Waals surface area contributed by atoms with Crippen molar-refractivity contribution in [1.82, 2.24) is 5.32 Å². The summed E-state index contributed by atoms with van der Waals surface area (Å²) in [6.45, 7) is 3.84. The molecule has 6 heteroatoms. The molecule has 1 atom stereocenters. The predicted molar refractivity (Wildman–Crippen MR) is 107 cm³/mol. The fourth-order valence-electron chi connectivity index (χ4n) is 2.72. The molecule has 1 aliphatic rings. The summed E-state index contributed by atoms with van der Waals surface area (Å²) >= 11 is 6.20. The summed E-state index contributed by atoms with van der Waals surface area (Å²) in [5.74, 6) is 0.0456. The van der Waals surface area contributed by atoms with Gasteiger partial charge in [-0.15, -0.1) is 0 Å². The summed E-state index contributed by atoms with van der Waals surface area (Å²) in [4.78, 5) is 26.8. The molecule has 0 fully saturated rings. The molecule has 3 rings (SSSR count). The van der Waals surface area contributed by atoms with Gasteiger partial charge in [-0.3, -0.25) is 14.5 Å². The molecule has 2 amide bonds. The van der Waals surface area contributed by atoms with Crippen LogP contribution >= 0.6 is 11.6 Å². The normalized spacial score (nSPS) is 15.9. The molecular formula is C21H21ClN2O3. The maximum absolute atomic E-state index is 13.0. The second-order valence-corrected chi connectivity index (χ2v) is 6.78. The highest BCUT2D eigenvalue weighted by molar-refractivity contribution is 6.32. The largest absolute Gasteiger partial charge is 0.449 e. The molecule has 0 bridgehead atoms. The summed E-state index contributed by atoms with van der Waals surface area (Å²) in [6.07, 6.45) is 2.41. The van der Waals surface area contributed by atoms with Gasteiger partial charge in [-0.1, -0.05) is 48.9 Å². The second-order valence-electron chi connectivity index (χ2n) is 6.37. The maximum Gasteiger partial charge on any atom is 0.294 e. The lowest BCUT2D eigenvalue weighted by Gasteiger charge is -2.30. The van der Waals surface area contributed by atoms with Crippen LogP contribution in [-0.4, -0.2) is 24.4 Å². The Morgan fingerprint density at radius 3 is 2.67 bits per heavy atom. The van der Waals surface area contributed by atoms with Gasteiger partial charge < -0.3 is 10.1 Å². The van der Waals surface area contributed by atoms with Crippen molar-refractivity contribution in [2.45, 2.75) is 26.3 Å². The van der Waals surface area contributed by atoms with Gasteiger partial charge in [0.15, 0.2) is 11.5 Å². The van der Waals surface area contributed by atoms with E-state index >= 15 is 0 Å². The van der Waals surface area contributed by atoms with Gasteiger partial charge in [-0.2, -0.15) is 0 Å². The predicted octanol–water partition coefficient (Wildman–Crippen LogP) is 4.02. The molecule has 0 aliphatic carbocycles. The molecule has 1 unspecified atom stereocenters. The highest BCUT2D eigenvalue weighted by atomic mass is 35.5. The highest BCUT2D eigenvalue weighted by Crippen LogP contribution is 2.35. The van der Waals surface area contributed by atoms with Crippen LogP contribution in [0.25, 0.3) is 6.08 Å². The molecule has 5 nitrogen and oxygen atoms in total. The van der Waals surface area contributed by atoms with Crippen molar-refractivity contribution in [1.29, 1.82) is 0 Å². The zero-order chi connectivity index (χ0) is 19.4. The van der Waals surface area contributed by atoms with Gasteiger partial charge in [0.1, 0.15) is 6.54 Å². The van der Waals surface area contributed by atoms with E-state index in [4.69, 9.17) is 16.3 Å². The molecule has 0 spiro atoms. The first-order valence-electron chi connectivity index (χ1n) is 8.84. The quantitative estimate of drug-likeness (QED) is 0.792. The Morgan fingerprint density at radius 1 is 1.22 bits per heavy atom. The van der Waals surface area contributed by atoms with Crippen molar-refractivity contribution in [3.8, 4) is 5.75 Å². The van der Waals surface area contributed by atoms with Crippen LogP contribution < -0.4 is 15.0 Å². The zero-order valence-corrected chi connectivity index (χ0v) is 16.0. The van der Waals surface area contributed by atoms with Crippen LogP contribution in [0, 0.1) is 0 Å². The SMILES string of the molecule is CCC(C)NC(=O)CN1C(=O)/C(=C\c2ccccc2Cl)Oc2ccccc21. The number of carbonyl (C=O) groups excluding carboxylic acids is 2. The molecule has 0 saturated carbocycles. The Hall–Kier alpha value is -2.79. The molecule has 1 heterocycles. The summed E-state index contributed by atoms with van der Waals surface area (Å²) in [5, 5.41) is 3.40. The smallest absolute Gasteiger partial charge is 0.294 e. The number of halogens is 1. The Kier molecular flexibility index (Phi) is 5.81. The molecule has 27 heavy (non-hydrogen) atoms. The molecule has 2 aromatic carbocycles. The maximum atomic E-state index is 13.0. The molecule has 0 aromatic heterocycles. The Bertz CT molecular complexity index is 895. The fraction of sp³-hybridized carbons (Fsp3) is 0.238. The van der Waals surface area contributed by atoms with E-state index in [1.54, 1.807) is 36.4 Å². The first-order chi connectivity index (χ1) is 13.0. The van der Waals surface area contributed by atoms with Crippen LogP contribution in [0.3, 0.4) is 0 Å². The van der Waals surface area contributed by atoms with Gasteiger partial charge in [0.25, 0.3) is 5.91 Å². The average Bonchev–Trinajstić information content (AvgIpc) is 2.66. The van der Waals surface area contributed by atoms with Gasteiger partial charge in [0, 0.05) is 11.1 Å². The number of fused-ring (bicyclic) bond motifs is 1. The Balaban J connectivity index is 1.93. The molecule has 0 radical (unpaired) electrons. The van der Waals surface area contributed by atoms with Crippen molar-refractivity contribution < 1.29 is 14.3 Å². The number of rotatable bonds is 5. The summed E-state index contributed by atoms with van der Waals surface area (Å²) in [6, 6.07) is 14.4. The van der Waals surface area contributed by atoms with E-state index in [9.17, 15) is 9.59 Å². The molecule has 0 saturated heterocycles. The summed E-state index contributed by atoms with van der Waals surface area (Å²) in [5.41, 5.74) is 1.24. The first kappa shape index (κ1) is 19.0. The average molecular weight is 385 g/mol. The zero-order valence-electron chi connectivity index (χ0n) is 15.2. The number of para-hydroxylation sites is 2. The fourth-order valence-corrected chi connectivity index (χ4v) is 2.91. The third-order valence-corrected chi connectivity index (χ3v) is 4.69. The van der Waals surface area contributed by atoms with Gasteiger partial charge in [0.2, 0.25) is 5.91 Å².